The fraction of sp³-hybridized carbons (Fsp3) is 0.304. The van der Waals surface area contributed by atoms with Crippen LogP contribution in [0.25, 0.3) is 10.9 Å². The number of hydrogen-bond donors (Lipinski definition) is 2. The highest BCUT2D eigenvalue weighted by Crippen LogP contribution is 2.33. The van der Waals surface area contributed by atoms with E-state index >= 15 is 0 Å². The van der Waals surface area contributed by atoms with Crippen molar-refractivity contribution in [3.63, 3.8) is 0 Å². The van der Waals surface area contributed by atoms with Gasteiger partial charge in [-0.2, -0.15) is 0 Å². The number of pyridine rings is 1. The van der Waals surface area contributed by atoms with Gasteiger partial charge in [0.15, 0.2) is 0 Å². The van der Waals surface area contributed by atoms with Crippen molar-refractivity contribution in [1.29, 1.82) is 0 Å². The average Bonchev–Trinajstić information content (AvgIpc) is 3.17. The van der Waals surface area contributed by atoms with E-state index in [1.54, 1.807) is 6.07 Å². The van der Waals surface area contributed by atoms with Gasteiger partial charge in [-0.3, -0.25) is 4.79 Å². The van der Waals surface area contributed by atoms with E-state index in [-0.39, 0.29) is 17.9 Å². The van der Waals surface area contributed by atoms with Gasteiger partial charge in [0.05, 0.1) is 16.2 Å². The van der Waals surface area contributed by atoms with Crippen molar-refractivity contribution in [3.8, 4) is 0 Å². The molecule has 1 saturated heterocycles. The summed E-state index contributed by atoms with van der Waals surface area (Å²) in [4.78, 5) is 19.7. The number of halogens is 1. The highest BCUT2D eigenvalue weighted by atomic mass is 35.5. The quantitative estimate of drug-likeness (QED) is 0.649. The van der Waals surface area contributed by atoms with Crippen molar-refractivity contribution < 1.29 is 4.79 Å². The largest absolute Gasteiger partial charge is 0.355 e. The van der Waals surface area contributed by atoms with Gasteiger partial charge in [0.2, 0.25) is 5.91 Å². The van der Waals surface area contributed by atoms with Gasteiger partial charge in [0, 0.05) is 30.9 Å². The lowest BCUT2D eigenvalue weighted by molar-refractivity contribution is -0.116. The van der Waals surface area contributed by atoms with Gasteiger partial charge in [-0.05, 0) is 42.2 Å². The van der Waals surface area contributed by atoms with Crippen LogP contribution in [0.3, 0.4) is 0 Å². The van der Waals surface area contributed by atoms with E-state index in [4.69, 9.17) is 22.3 Å². The lowest BCUT2D eigenvalue weighted by Gasteiger charge is -2.18. The molecule has 2 atom stereocenters. The Labute approximate surface area is 175 Å². The fourth-order valence-electron chi connectivity index (χ4n) is 3.83. The second-order valence-electron chi connectivity index (χ2n) is 7.72. The van der Waals surface area contributed by atoms with E-state index in [0.29, 0.717) is 17.1 Å². The van der Waals surface area contributed by atoms with E-state index in [2.05, 4.69) is 10.2 Å². The van der Waals surface area contributed by atoms with E-state index in [1.165, 1.54) is 0 Å². The van der Waals surface area contributed by atoms with E-state index in [9.17, 15) is 4.79 Å². The lowest BCUT2D eigenvalue weighted by Crippen LogP contribution is -2.26. The van der Waals surface area contributed by atoms with Gasteiger partial charge in [-0.1, -0.05) is 48.9 Å². The third-order valence-corrected chi connectivity index (χ3v) is 5.79. The number of aromatic nitrogens is 1. The molecule has 1 aromatic heterocycles. The molecular formula is C23H25ClN4O. The average molecular weight is 409 g/mol. The first-order valence-corrected chi connectivity index (χ1v) is 10.3. The SMILES string of the molecule is CC(CC(=O)Nc1c(Cl)ccc2nc(N3CC[C@H](N)C3)ccc12)c1ccccc1. The summed E-state index contributed by atoms with van der Waals surface area (Å²) in [5, 5.41) is 4.35. The molecule has 150 valence electrons. The summed E-state index contributed by atoms with van der Waals surface area (Å²) in [6, 6.07) is 17.8. The van der Waals surface area contributed by atoms with Crippen LogP contribution in [0.1, 0.15) is 31.2 Å². The van der Waals surface area contributed by atoms with Crippen molar-refractivity contribution in [2.45, 2.75) is 31.7 Å². The molecule has 1 aliphatic heterocycles. The van der Waals surface area contributed by atoms with Crippen molar-refractivity contribution in [1.82, 2.24) is 4.98 Å². The third kappa shape index (κ3) is 4.36. The maximum Gasteiger partial charge on any atom is 0.225 e. The first-order valence-electron chi connectivity index (χ1n) is 9.96. The molecule has 0 aliphatic carbocycles. The van der Waals surface area contributed by atoms with Crippen LogP contribution in [0.5, 0.6) is 0 Å². The molecule has 3 aromatic rings. The summed E-state index contributed by atoms with van der Waals surface area (Å²) < 4.78 is 0. The first-order chi connectivity index (χ1) is 14.0. The van der Waals surface area contributed by atoms with Gasteiger partial charge < -0.3 is 16.0 Å². The summed E-state index contributed by atoms with van der Waals surface area (Å²) in [6.07, 6.45) is 1.36. The number of nitrogens with zero attached hydrogens (tertiary/aromatic N) is 2. The summed E-state index contributed by atoms with van der Waals surface area (Å²) in [6.45, 7) is 3.77. The summed E-state index contributed by atoms with van der Waals surface area (Å²) in [5.41, 5.74) is 8.58. The number of carbonyl (C=O) groups excluding carboxylic acids is 1. The zero-order valence-electron chi connectivity index (χ0n) is 16.4. The van der Waals surface area contributed by atoms with Crippen LogP contribution in [-0.4, -0.2) is 30.0 Å². The molecule has 2 heterocycles. The van der Waals surface area contributed by atoms with E-state index in [0.717, 1.165) is 41.8 Å². The molecule has 5 nitrogen and oxygen atoms in total. The monoisotopic (exact) mass is 408 g/mol. The Bertz CT molecular complexity index is 1020. The minimum absolute atomic E-state index is 0.0645. The summed E-state index contributed by atoms with van der Waals surface area (Å²) in [7, 11) is 0. The zero-order valence-corrected chi connectivity index (χ0v) is 17.2. The van der Waals surface area contributed by atoms with E-state index in [1.807, 2.05) is 55.5 Å². The Morgan fingerprint density at radius 1 is 1.24 bits per heavy atom. The molecule has 1 amide bonds. The van der Waals surface area contributed by atoms with Crippen LogP contribution in [-0.2, 0) is 4.79 Å². The smallest absolute Gasteiger partial charge is 0.225 e. The Hall–Kier alpha value is -2.63. The van der Waals surface area contributed by atoms with Crippen LogP contribution in [0.2, 0.25) is 5.02 Å². The van der Waals surface area contributed by atoms with Gasteiger partial charge in [0.1, 0.15) is 5.82 Å². The minimum Gasteiger partial charge on any atom is -0.355 e. The number of anilines is 2. The van der Waals surface area contributed by atoms with Gasteiger partial charge in [-0.25, -0.2) is 4.98 Å². The summed E-state index contributed by atoms with van der Waals surface area (Å²) in [5.74, 6) is 0.960. The van der Waals surface area contributed by atoms with Crippen molar-refractivity contribution >= 4 is 39.9 Å². The lowest BCUT2D eigenvalue weighted by atomic mass is 9.97. The van der Waals surface area contributed by atoms with Crippen molar-refractivity contribution in [3.05, 3.63) is 65.2 Å². The minimum atomic E-state index is -0.0645. The maximum absolute atomic E-state index is 12.7. The summed E-state index contributed by atoms with van der Waals surface area (Å²) >= 11 is 6.42. The Morgan fingerprint density at radius 3 is 2.76 bits per heavy atom. The molecule has 0 bridgehead atoms. The number of fused-ring (bicyclic) bond motifs is 1. The third-order valence-electron chi connectivity index (χ3n) is 5.48. The molecule has 4 rings (SSSR count). The standard InChI is InChI=1S/C23H25ClN4O/c1-15(16-5-3-2-4-6-16)13-22(29)27-23-18-7-10-21(28-12-11-17(25)14-28)26-20(18)9-8-19(23)24/h2-10,15,17H,11-14,25H2,1H3,(H,27,29)/t15?,17-/m0/s1. The molecule has 2 aromatic carbocycles. The Balaban J connectivity index is 1.55. The molecule has 0 spiro atoms. The van der Waals surface area contributed by atoms with Crippen LogP contribution in [0.4, 0.5) is 11.5 Å². The number of carbonyl (C=O) groups is 1. The highest BCUT2D eigenvalue weighted by Gasteiger charge is 2.21. The van der Waals surface area contributed by atoms with Crippen LogP contribution in [0.15, 0.2) is 54.6 Å². The molecule has 29 heavy (non-hydrogen) atoms. The number of benzene rings is 2. The second-order valence-corrected chi connectivity index (χ2v) is 8.12. The normalized spacial score (nSPS) is 17.5. The molecule has 0 saturated carbocycles. The molecule has 1 aliphatic rings. The number of hydrogen-bond acceptors (Lipinski definition) is 4. The van der Waals surface area contributed by atoms with E-state index < -0.39 is 0 Å². The molecule has 1 fully saturated rings. The number of nitrogens with one attached hydrogen (secondary N) is 1. The molecular weight excluding hydrogens is 384 g/mol. The predicted molar refractivity (Wildman–Crippen MR) is 120 cm³/mol. The number of rotatable bonds is 5. The van der Waals surface area contributed by atoms with Gasteiger partial charge in [0.25, 0.3) is 0 Å². The number of amides is 1. The molecule has 3 N–H and O–H groups in total. The van der Waals surface area contributed by atoms with Crippen LogP contribution in [0, 0.1) is 0 Å². The predicted octanol–water partition coefficient (Wildman–Crippen LogP) is 4.56. The highest BCUT2D eigenvalue weighted by molar-refractivity contribution is 6.35. The van der Waals surface area contributed by atoms with Crippen molar-refractivity contribution in [2.75, 3.05) is 23.3 Å². The Kier molecular flexibility index (Phi) is 5.69. The topological polar surface area (TPSA) is 71.2 Å². The molecule has 1 unspecified atom stereocenters. The number of nitrogens with two attached hydrogens (primary N) is 1. The molecule has 6 heteroatoms. The van der Waals surface area contributed by atoms with Crippen LogP contribution >= 0.6 is 11.6 Å². The van der Waals surface area contributed by atoms with Crippen molar-refractivity contribution in [2.24, 2.45) is 5.73 Å². The van der Waals surface area contributed by atoms with Gasteiger partial charge >= 0.3 is 0 Å². The molecule has 0 radical (unpaired) electrons. The Morgan fingerprint density at radius 2 is 2.03 bits per heavy atom. The fourth-order valence-corrected chi connectivity index (χ4v) is 4.05. The van der Waals surface area contributed by atoms with Crippen LogP contribution < -0.4 is 16.0 Å². The maximum atomic E-state index is 12.7. The second kappa shape index (κ2) is 8.39. The zero-order chi connectivity index (χ0) is 20.4. The first kappa shape index (κ1) is 19.7. The van der Waals surface area contributed by atoms with Gasteiger partial charge in [-0.15, -0.1) is 0 Å².